The highest BCUT2D eigenvalue weighted by Gasteiger charge is 2.47. The molecule has 0 unspecified atom stereocenters. The molecule has 0 aromatic heterocycles. The third kappa shape index (κ3) is 4.13. The molecular weight excluding hydrogens is 408 g/mol. The van der Waals surface area contributed by atoms with Crippen LogP contribution in [-0.2, 0) is 14.9 Å². The molecule has 1 aliphatic carbocycles. The monoisotopic (exact) mass is 442 g/mol. The number of fused-ring (bicyclic) bond motifs is 1. The van der Waals surface area contributed by atoms with E-state index in [9.17, 15) is 4.79 Å². The van der Waals surface area contributed by atoms with Crippen LogP contribution in [0.3, 0.4) is 0 Å². The van der Waals surface area contributed by atoms with Crippen LogP contribution in [-0.4, -0.2) is 31.7 Å². The first-order chi connectivity index (χ1) is 16.1. The number of carbonyl (C=O) groups is 1. The summed E-state index contributed by atoms with van der Waals surface area (Å²) >= 11 is 0. The quantitative estimate of drug-likeness (QED) is 0.473. The number of anilines is 1. The molecule has 2 fully saturated rings. The van der Waals surface area contributed by atoms with E-state index in [1.54, 1.807) is 0 Å². The summed E-state index contributed by atoms with van der Waals surface area (Å²) in [5.74, 6) is -0.0585. The van der Waals surface area contributed by atoms with Gasteiger partial charge in [-0.25, -0.2) is 0 Å². The van der Waals surface area contributed by atoms with Crippen LogP contribution in [0, 0.1) is 0 Å². The van der Waals surface area contributed by atoms with Gasteiger partial charge in [0.15, 0.2) is 0 Å². The third-order valence-corrected chi connectivity index (χ3v) is 7.62. The highest BCUT2D eigenvalue weighted by atomic mass is 16.5. The average molecular weight is 443 g/mol. The number of hydrogen-bond donors (Lipinski definition) is 1. The van der Waals surface area contributed by atoms with Gasteiger partial charge in [-0.15, -0.1) is 0 Å². The van der Waals surface area contributed by atoms with Crippen molar-refractivity contribution >= 4 is 22.4 Å². The standard InChI is InChI=1S/C29H34N2O2/c1-3-33-28(32)29(17-7-18-29)23-12-14-25(15-13-23)31-19-16-24(20-31)30-21(2)26-11-6-9-22-8-4-5-10-27(22)26/h4-6,8-15,21,24,30H,3,7,16-20H2,1-2H3/t21-,24+/m1/s1. The fourth-order valence-corrected chi connectivity index (χ4v) is 5.60. The molecule has 0 amide bonds. The van der Waals surface area contributed by atoms with Crippen molar-refractivity contribution in [3.05, 3.63) is 77.9 Å². The lowest BCUT2D eigenvalue weighted by Crippen LogP contribution is -2.43. The van der Waals surface area contributed by atoms with Gasteiger partial charge in [0.05, 0.1) is 12.0 Å². The van der Waals surface area contributed by atoms with E-state index in [2.05, 4.69) is 83.9 Å². The van der Waals surface area contributed by atoms with E-state index >= 15 is 0 Å². The fraction of sp³-hybridized carbons (Fsp3) is 0.414. The van der Waals surface area contributed by atoms with Gasteiger partial charge in [-0.05, 0) is 67.1 Å². The van der Waals surface area contributed by atoms with Crippen molar-refractivity contribution in [3.8, 4) is 0 Å². The lowest BCUT2D eigenvalue weighted by atomic mass is 9.64. The highest BCUT2D eigenvalue weighted by molar-refractivity contribution is 5.86. The molecule has 4 nitrogen and oxygen atoms in total. The van der Waals surface area contributed by atoms with Crippen LogP contribution in [0.1, 0.15) is 56.7 Å². The molecule has 2 aliphatic rings. The van der Waals surface area contributed by atoms with Crippen LogP contribution in [0.2, 0.25) is 0 Å². The number of carbonyl (C=O) groups excluding carboxylic acids is 1. The summed E-state index contributed by atoms with van der Waals surface area (Å²) in [5.41, 5.74) is 3.28. The Hall–Kier alpha value is -2.85. The van der Waals surface area contributed by atoms with Crippen LogP contribution < -0.4 is 10.2 Å². The minimum atomic E-state index is -0.419. The van der Waals surface area contributed by atoms with E-state index in [4.69, 9.17) is 4.74 Å². The zero-order valence-electron chi connectivity index (χ0n) is 19.7. The van der Waals surface area contributed by atoms with Gasteiger partial charge in [-0.3, -0.25) is 4.79 Å². The van der Waals surface area contributed by atoms with Crippen molar-refractivity contribution in [2.45, 2.75) is 57.0 Å². The number of benzene rings is 3. The van der Waals surface area contributed by atoms with Gasteiger partial charge in [0.25, 0.3) is 0 Å². The number of esters is 1. The summed E-state index contributed by atoms with van der Waals surface area (Å²) in [5, 5.41) is 6.49. The van der Waals surface area contributed by atoms with Crippen LogP contribution in [0.5, 0.6) is 0 Å². The Morgan fingerprint density at radius 1 is 1.09 bits per heavy atom. The minimum absolute atomic E-state index is 0.0585. The lowest BCUT2D eigenvalue weighted by Gasteiger charge is -2.39. The zero-order valence-corrected chi connectivity index (χ0v) is 19.7. The summed E-state index contributed by atoms with van der Waals surface area (Å²) in [6.07, 6.45) is 4.01. The number of ether oxygens (including phenoxy) is 1. The normalized spacial score (nSPS) is 20.4. The largest absolute Gasteiger partial charge is 0.465 e. The Labute approximate surface area is 196 Å². The van der Waals surface area contributed by atoms with Gasteiger partial charge < -0.3 is 15.0 Å². The molecule has 1 saturated carbocycles. The van der Waals surface area contributed by atoms with E-state index in [0.29, 0.717) is 18.7 Å². The first-order valence-electron chi connectivity index (χ1n) is 12.4. The number of nitrogens with one attached hydrogen (secondary N) is 1. The van der Waals surface area contributed by atoms with Crippen LogP contribution in [0.4, 0.5) is 5.69 Å². The zero-order chi connectivity index (χ0) is 22.8. The van der Waals surface area contributed by atoms with Crippen LogP contribution >= 0.6 is 0 Å². The summed E-state index contributed by atoms with van der Waals surface area (Å²) in [6, 6.07) is 24.6. The number of rotatable bonds is 7. The highest BCUT2D eigenvalue weighted by Crippen LogP contribution is 2.45. The molecule has 3 aromatic carbocycles. The Bertz CT molecular complexity index is 1110. The second-order valence-corrected chi connectivity index (χ2v) is 9.59. The maximum absolute atomic E-state index is 12.6. The fourth-order valence-electron chi connectivity index (χ4n) is 5.60. The molecule has 33 heavy (non-hydrogen) atoms. The van der Waals surface area contributed by atoms with Gasteiger partial charge >= 0.3 is 5.97 Å². The molecule has 1 N–H and O–H groups in total. The van der Waals surface area contributed by atoms with Crippen molar-refractivity contribution in [1.29, 1.82) is 0 Å². The van der Waals surface area contributed by atoms with E-state index in [1.807, 2.05) is 6.92 Å². The van der Waals surface area contributed by atoms with Crippen molar-refractivity contribution in [2.75, 3.05) is 24.6 Å². The van der Waals surface area contributed by atoms with Gasteiger partial charge in [0.2, 0.25) is 0 Å². The molecule has 1 aliphatic heterocycles. The van der Waals surface area contributed by atoms with Crippen molar-refractivity contribution in [3.63, 3.8) is 0 Å². The van der Waals surface area contributed by atoms with E-state index in [0.717, 1.165) is 44.3 Å². The van der Waals surface area contributed by atoms with Gasteiger partial charge in [-0.1, -0.05) is 61.0 Å². The molecule has 172 valence electrons. The van der Waals surface area contributed by atoms with Gasteiger partial charge in [0, 0.05) is 30.9 Å². The maximum Gasteiger partial charge on any atom is 0.316 e. The topological polar surface area (TPSA) is 41.6 Å². The Morgan fingerprint density at radius 2 is 1.85 bits per heavy atom. The molecule has 0 radical (unpaired) electrons. The molecular formula is C29H34N2O2. The predicted octanol–water partition coefficient (Wildman–Crippen LogP) is 5.75. The Balaban J connectivity index is 1.24. The second-order valence-electron chi connectivity index (χ2n) is 9.59. The summed E-state index contributed by atoms with van der Waals surface area (Å²) in [4.78, 5) is 15.0. The minimum Gasteiger partial charge on any atom is -0.465 e. The van der Waals surface area contributed by atoms with Crippen molar-refractivity contribution < 1.29 is 9.53 Å². The van der Waals surface area contributed by atoms with Crippen LogP contribution in [0.25, 0.3) is 10.8 Å². The first-order valence-corrected chi connectivity index (χ1v) is 12.4. The van der Waals surface area contributed by atoms with Crippen LogP contribution in [0.15, 0.2) is 66.7 Å². The summed E-state index contributed by atoms with van der Waals surface area (Å²) < 4.78 is 5.39. The summed E-state index contributed by atoms with van der Waals surface area (Å²) in [7, 11) is 0. The molecule has 4 heteroatoms. The van der Waals surface area contributed by atoms with E-state index in [1.165, 1.54) is 22.0 Å². The average Bonchev–Trinajstić information content (AvgIpc) is 3.27. The molecule has 1 saturated heterocycles. The molecule has 0 bridgehead atoms. The SMILES string of the molecule is CCOC(=O)C1(c2ccc(N3CC[C@H](N[C@H](C)c4cccc5ccccc45)C3)cc2)CCC1. The second kappa shape index (κ2) is 9.18. The molecule has 2 atom stereocenters. The molecule has 5 rings (SSSR count). The Morgan fingerprint density at radius 3 is 2.58 bits per heavy atom. The number of hydrogen-bond acceptors (Lipinski definition) is 4. The molecule has 3 aromatic rings. The molecule has 0 spiro atoms. The van der Waals surface area contributed by atoms with Crippen molar-refractivity contribution in [1.82, 2.24) is 5.32 Å². The van der Waals surface area contributed by atoms with Crippen molar-refractivity contribution in [2.24, 2.45) is 0 Å². The van der Waals surface area contributed by atoms with E-state index < -0.39 is 5.41 Å². The predicted molar refractivity (Wildman–Crippen MR) is 135 cm³/mol. The third-order valence-electron chi connectivity index (χ3n) is 7.62. The summed E-state index contributed by atoms with van der Waals surface area (Å²) in [6.45, 7) is 6.64. The Kier molecular flexibility index (Phi) is 6.11. The number of nitrogens with zero attached hydrogens (tertiary/aromatic N) is 1. The first kappa shape index (κ1) is 22.0. The maximum atomic E-state index is 12.6. The van der Waals surface area contributed by atoms with Gasteiger partial charge in [0.1, 0.15) is 0 Å². The van der Waals surface area contributed by atoms with Gasteiger partial charge in [-0.2, -0.15) is 0 Å². The lowest BCUT2D eigenvalue weighted by molar-refractivity contribution is -0.153. The van der Waals surface area contributed by atoms with E-state index in [-0.39, 0.29) is 5.97 Å². The molecule has 1 heterocycles. The smallest absolute Gasteiger partial charge is 0.316 e.